The summed E-state index contributed by atoms with van der Waals surface area (Å²) in [5.74, 6) is -0.387. The highest BCUT2D eigenvalue weighted by Crippen LogP contribution is 2.48. The fourth-order valence-electron chi connectivity index (χ4n) is 3.03. The molecule has 0 bridgehead atoms. The second-order valence-electron chi connectivity index (χ2n) is 6.19. The van der Waals surface area contributed by atoms with Crippen LogP contribution in [0.5, 0.6) is 0 Å². The molecular formula is C19H17FN4O. The Morgan fingerprint density at radius 1 is 1.20 bits per heavy atom. The van der Waals surface area contributed by atoms with E-state index in [0.29, 0.717) is 18.5 Å². The van der Waals surface area contributed by atoms with Crippen LogP contribution >= 0.6 is 0 Å². The number of carbonyl (C=O) groups excluding carboxylic acids is 1. The second-order valence-corrected chi connectivity index (χ2v) is 6.19. The number of carbonyl (C=O) groups is 1. The smallest absolute Gasteiger partial charge is 0.224 e. The van der Waals surface area contributed by atoms with Crippen LogP contribution in [-0.2, 0) is 11.3 Å². The zero-order chi connectivity index (χ0) is 17.2. The summed E-state index contributed by atoms with van der Waals surface area (Å²) in [5, 5.41) is 7.01. The molecule has 1 aliphatic carbocycles. The first-order valence-electron chi connectivity index (χ1n) is 8.18. The Morgan fingerprint density at radius 2 is 2.00 bits per heavy atom. The van der Waals surface area contributed by atoms with Crippen molar-refractivity contribution < 1.29 is 9.18 Å². The van der Waals surface area contributed by atoms with Crippen molar-refractivity contribution in [3.63, 3.8) is 0 Å². The minimum absolute atomic E-state index is 0.00380. The van der Waals surface area contributed by atoms with E-state index >= 15 is 0 Å². The van der Waals surface area contributed by atoms with Crippen molar-refractivity contribution in [2.75, 3.05) is 0 Å². The van der Waals surface area contributed by atoms with Gasteiger partial charge in [0.1, 0.15) is 18.5 Å². The fraction of sp³-hybridized carbons (Fsp3) is 0.211. The summed E-state index contributed by atoms with van der Waals surface area (Å²) >= 11 is 0. The van der Waals surface area contributed by atoms with E-state index in [9.17, 15) is 9.18 Å². The summed E-state index contributed by atoms with van der Waals surface area (Å²) in [7, 11) is 0. The molecule has 2 unspecified atom stereocenters. The largest absolute Gasteiger partial charge is 0.352 e. The number of hydrogen-bond donors (Lipinski definition) is 1. The Balaban J connectivity index is 1.33. The Kier molecular flexibility index (Phi) is 4.01. The van der Waals surface area contributed by atoms with Gasteiger partial charge in [-0.3, -0.25) is 4.79 Å². The van der Waals surface area contributed by atoms with E-state index in [1.807, 2.05) is 30.3 Å². The monoisotopic (exact) mass is 336 g/mol. The average Bonchev–Trinajstić information content (AvgIpc) is 3.24. The number of aromatic nitrogens is 3. The van der Waals surface area contributed by atoms with Crippen LogP contribution in [0.1, 0.15) is 23.5 Å². The maximum atomic E-state index is 13.8. The summed E-state index contributed by atoms with van der Waals surface area (Å²) in [6, 6.07) is 14.4. The van der Waals surface area contributed by atoms with Gasteiger partial charge in [0.25, 0.3) is 0 Å². The summed E-state index contributed by atoms with van der Waals surface area (Å²) < 4.78 is 15.5. The van der Waals surface area contributed by atoms with E-state index in [0.717, 1.165) is 11.3 Å². The van der Waals surface area contributed by atoms with Crippen LogP contribution in [0.15, 0.2) is 61.2 Å². The summed E-state index contributed by atoms with van der Waals surface area (Å²) in [4.78, 5) is 16.2. The van der Waals surface area contributed by atoms with Crippen molar-refractivity contribution in [1.82, 2.24) is 20.1 Å². The topological polar surface area (TPSA) is 59.8 Å². The number of amides is 1. The first-order valence-corrected chi connectivity index (χ1v) is 8.18. The van der Waals surface area contributed by atoms with E-state index in [1.54, 1.807) is 23.1 Å². The molecule has 0 spiro atoms. The van der Waals surface area contributed by atoms with Crippen molar-refractivity contribution in [2.24, 2.45) is 5.92 Å². The molecule has 1 aliphatic rings. The van der Waals surface area contributed by atoms with Gasteiger partial charge in [0.2, 0.25) is 5.91 Å². The van der Waals surface area contributed by atoms with Gasteiger partial charge in [-0.1, -0.05) is 30.3 Å². The lowest BCUT2D eigenvalue weighted by atomic mass is 10.1. The number of nitrogens with one attached hydrogen (secondary N) is 1. The van der Waals surface area contributed by atoms with Gasteiger partial charge < -0.3 is 5.32 Å². The van der Waals surface area contributed by atoms with Crippen LogP contribution in [0.4, 0.5) is 4.39 Å². The molecule has 1 heterocycles. The van der Waals surface area contributed by atoms with Crippen LogP contribution in [-0.4, -0.2) is 20.7 Å². The molecule has 0 aliphatic heterocycles. The molecule has 2 aromatic carbocycles. The van der Waals surface area contributed by atoms with Crippen LogP contribution < -0.4 is 5.32 Å². The normalized spacial score (nSPS) is 18.8. The minimum Gasteiger partial charge on any atom is -0.352 e. The lowest BCUT2D eigenvalue weighted by Crippen LogP contribution is -2.24. The molecule has 0 saturated heterocycles. The fourth-order valence-corrected chi connectivity index (χ4v) is 3.03. The predicted molar refractivity (Wildman–Crippen MR) is 90.5 cm³/mol. The van der Waals surface area contributed by atoms with Gasteiger partial charge in [-0.2, -0.15) is 5.10 Å². The molecule has 126 valence electrons. The number of benzene rings is 2. The number of nitrogens with zero attached hydrogens (tertiary/aromatic N) is 3. The molecular weight excluding hydrogens is 319 g/mol. The van der Waals surface area contributed by atoms with Crippen LogP contribution in [0.25, 0.3) is 5.69 Å². The van der Waals surface area contributed by atoms with Crippen molar-refractivity contribution in [2.45, 2.75) is 18.9 Å². The summed E-state index contributed by atoms with van der Waals surface area (Å²) in [6.45, 7) is 0.455. The van der Waals surface area contributed by atoms with E-state index in [1.165, 1.54) is 12.4 Å². The first kappa shape index (κ1) is 15.5. The molecule has 5 nitrogen and oxygen atoms in total. The predicted octanol–water partition coefficient (Wildman–Crippen LogP) is 2.83. The SMILES string of the molecule is O=C(NCc1ccc(-n2cncn2)cc1)C1CC1c1ccccc1F. The van der Waals surface area contributed by atoms with Crippen LogP contribution in [0, 0.1) is 11.7 Å². The van der Waals surface area contributed by atoms with E-state index < -0.39 is 0 Å². The molecule has 6 heteroatoms. The highest BCUT2D eigenvalue weighted by molar-refractivity contribution is 5.82. The number of hydrogen-bond acceptors (Lipinski definition) is 3. The highest BCUT2D eigenvalue weighted by atomic mass is 19.1. The standard InChI is InChI=1S/C19H17FN4O/c20-18-4-2-1-3-15(18)16-9-17(16)19(25)22-10-13-5-7-14(8-6-13)24-12-21-11-23-24/h1-8,11-12,16-17H,9-10H2,(H,22,25). The van der Waals surface area contributed by atoms with E-state index in [2.05, 4.69) is 15.4 Å². The van der Waals surface area contributed by atoms with Crippen LogP contribution in [0.2, 0.25) is 0 Å². The number of rotatable bonds is 5. The molecule has 1 aromatic heterocycles. The molecule has 1 amide bonds. The van der Waals surface area contributed by atoms with E-state index in [4.69, 9.17) is 0 Å². The molecule has 1 fully saturated rings. The van der Waals surface area contributed by atoms with Gasteiger partial charge in [0.05, 0.1) is 5.69 Å². The maximum Gasteiger partial charge on any atom is 0.224 e. The Labute approximate surface area is 144 Å². The highest BCUT2D eigenvalue weighted by Gasteiger charge is 2.44. The van der Waals surface area contributed by atoms with Crippen molar-refractivity contribution in [3.8, 4) is 5.69 Å². The van der Waals surface area contributed by atoms with Gasteiger partial charge in [0, 0.05) is 12.5 Å². The van der Waals surface area contributed by atoms with Gasteiger partial charge in [-0.15, -0.1) is 0 Å². The lowest BCUT2D eigenvalue weighted by molar-refractivity contribution is -0.122. The quantitative estimate of drug-likeness (QED) is 0.779. The van der Waals surface area contributed by atoms with Gasteiger partial charge in [-0.25, -0.2) is 14.1 Å². The first-order chi connectivity index (χ1) is 12.2. The molecule has 25 heavy (non-hydrogen) atoms. The van der Waals surface area contributed by atoms with Gasteiger partial charge >= 0.3 is 0 Å². The molecule has 2 atom stereocenters. The Morgan fingerprint density at radius 3 is 2.72 bits per heavy atom. The zero-order valence-electron chi connectivity index (χ0n) is 13.5. The third kappa shape index (κ3) is 3.28. The minimum atomic E-state index is -0.230. The molecule has 1 saturated carbocycles. The average molecular weight is 336 g/mol. The molecule has 1 N–H and O–H groups in total. The summed E-state index contributed by atoms with van der Waals surface area (Å²) in [6.07, 6.45) is 3.82. The maximum absolute atomic E-state index is 13.8. The third-order valence-electron chi connectivity index (χ3n) is 4.52. The second kappa shape index (κ2) is 6.47. The lowest BCUT2D eigenvalue weighted by Gasteiger charge is -2.07. The zero-order valence-corrected chi connectivity index (χ0v) is 13.5. The molecule has 4 rings (SSSR count). The number of halogens is 1. The van der Waals surface area contributed by atoms with E-state index in [-0.39, 0.29) is 23.6 Å². The summed E-state index contributed by atoms with van der Waals surface area (Å²) in [5.41, 5.74) is 2.55. The Bertz CT molecular complexity index is 877. The van der Waals surface area contributed by atoms with Crippen molar-refractivity contribution >= 4 is 5.91 Å². The third-order valence-corrected chi connectivity index (χ3v) is 4.52. The Hall–Kier alpha value is -3.02. The van der Waals surface area contributed by atoms with Crippen molar-refractivity contribution in [1.29, 1.82) is 0 Å². The molecule has 3 aromatic rings. The van der Waals surface area contributed by atoms with Crippen LogP contribution in [0.3, 0.4) is 0 Å². The van der Waals surface area contributed by atoms with Gasteiger partial charge in [-0.05, 0) is 41.7 Å². The molecule has 0 radical (unpaired) electrons. The van der Waals surface area contributed by atoms with Crippen molar-refractivity contribution in [3.05, 3.63) is 78.1 Å². The van der Waals surface area contributed by atoms with Gasteiger partial charge in [0.15, 0.2) is 0 Å².